The lowest BCUT2D eigenvalue weighted by Crippen LogP contribution is -2.36. The number of ether oxygens (including phenoxy) is 1. The molecule has 78 valence electrons. The molecule has 0 amide bonds. The van der Waals surface area contributed by atoms with Gasteiger partial charge in [0.05, 0.1) is 6.61 Å². The summed E-state index contributed by atoms with van der Waals surface area (Å²) in [6, 6.07) is 0.393. The van der Waals surface area contributed by atoms with Gasteiger partial charge >= 0.3 is 0 Å². The van der Waals surface area contributed by atoms with Gasteiger partial charge in [-0.05, 0) is 26.7 Å². The first-order valence-corrected chi connectivity index (χ1v) is 5.14. The van der Waals surface area contributed by atoms with Gasteiger partial charge in [-0.15, -0.1) is 0 Å². The SMILES string of the molecule is CCOCC(C)NCC1(CO)CC1. The van der Waals surface area contributed by atoms with E-state index in [4.69, 9.17) is 9.84 Å². The first-order valence-electron chi connectivity index (χ1n) is 5.14. The minimum atomic E-state index is 0.209. The highest BCUT2D eigenvalue weighted by Gasteiger charge is 2.41. The molecule has 0 aromatic rings. The molecule has 1 saturated carbocycles. The number of hydrogen-bond donors (Lipinski definition) is 2. The van der Waals surface area contributed by atoms with Crippen LogP contribution < -0.4 is 5.32 Å². The molecule has 0 radical (unpaired) electrons. The number of nitrogens with one attached hydrogen (secondary N) is 1. The van der Waals surface area contributed by atoms with Crippen LogP contribution in [0.25, 0.3) is 0 Å². The number of hydrogen-bond acceptors (Lipinski definition) is 3. The number of aliphatic hydroxyl groups is 1. The molecule has 3 heteroatoms. The molecule has 0 bridgehead atoms. The van der Waals surface area contributed by atoms with E-state index in [1.165, 1.54) is 0 Å². The fourth-order valence-corrected chi connectivity index (χ4v) is 1.31. The predicted octanol–water partition coefficient (Wildman–Crippen LogP) is 0.773. The summed E-state index contributed by atoms with van der Waals surface area (Å²) >= 11 is 0. The van der Waals surface area contributed by atoms with Crippen molar-refractivity contribution in [2.45, 2.75) is 32.7 Å². The lowest BCUT2D eigenvalue weighted by molar-refractivity contribution is 0.122. The third kappa shape index (κ3) is 3.63. The molecule has 3 nitrogen and oxygen atoms in total. The molecular weight excluding hydrogens is 166 g/mol. The lowest BCUT2D eigenvalue weighted by atomic mass is 10.1. The number of rotatable bonds is 7. The van der Waals surface area contributed by atoms with Crippen LogP contribution in [0.2, 0.25) is 0 Å². The van der Waals surface area contributed by atoms with E-state index in [9.17, 15) is 0 Å². The largest absolute Gasteiger partial charge is 0.396 e. The molecule has 1 atom stereocenters. The van der Waals surface area contributed by atoms with E-state index in [1.54, 1.807) is 0 Å². The Balaban J connectivity index is 2.04. The second-order valence-electron chi connectivity index (χ2n) is 4.10. The second-order valence-corrected chi connectivity index (χ2v) is 4.10. The van der Waals surface area contributed by atoms with Gasteiger partial charge < -0.3 is 15.2 Å². The van der Waals surface area contributed by atoms with Crippen LogP contribution in [0.1, 0.15) is 26.7 Å². The van der Waals surface area contributed by atoms with Crippen LogP contribution >= 0.6 is 0 Å². The molecule has 0 saturated heterocycles. The summed E-state index contributed by atoms with van der Waals surface area (Å²) in [5.41, 5.74) is 0.209. The molecule has 0 heterocycles. The van der Waals surface area contributed by atoms with E-state index in [-0.39, 0.29) is 5.41 Å². The van der Waals surface area contributed by atoms with Crippen molar-refractivity contribution >= 4 is 0 Å². The van der Waals surface area contributed by atoms with Gasteiger partial charge in [-0.2, -0.15) is 0 Å². The highest BCUT2D eigenvalue weighted by Crippen LogP contribution is 2.44. The zero-order valence-corrected chi connectivity index (χ0v) is 8.68. The quantitative estimate of drug-likeness (QED) is 0.618. The third-order valence-corrected chi connectivity index (χ3v) is 2.69. The summed E-state index contributed by atoms with van der Waals surface area (Å²) in [6.07, 6.45) is 2.33. The summed E-state index contributed by atoms with van der Waals surface area (Å²) in [5.74, 6) is 0. The van der Waals surface area contributed by atoms with Crippen molar-refractivity contribution in [1.82, 2.24) is 5.32 Å². The minimum Gasteiger partial charge on any atom is -0.396 e. The van der Waals surface area contributed by atoms with Crippen LogP contribution in [0, 0.1) is 5.41 Å². The molecule has 0 aromatic heterocycles. The van der Waals surface area contributed by atoms with Crippen LogP contribution in [-0.4, -0.2) is 37.5 Å². The Hall–Kier alpha value is -0.120. The highest BCUT2D eigenvalue weighted by atomic mass is 16.5. The number of aliphatic hydroxyl groups excluding tert-OH is 1. The molecule has 1 aliphatic carbocycles. The topological polar surface area (TPSA) is 41.5 Å². The Labute approximate surface area is 80.5 Å². The van der Waals surface area contributed by atoms with Gasteiger partial charge in [0.15, 0.2) is 0 Å². The Bertz CT molecular complexity index is 146. The summed E-state index contributed by atoms with van der Waals surface area (Å²) in [4.78, 5) is 0. The molecule has 0 spiro atoms. The second kappa shape index (κ2) is 4.94. The Morgan fingerprint density at radius 3 is 2.69 bits per heavy atom. The molecule has 0 aromatic carbocycles. The molecular formula is C10H21NO2. The van der Waals surface area contributed by atoms with Gasteiger partial charge in [0, 0.05) is 31.2 Å². The molecule has 1 rings (SSSR count). The van der Waals surface area contributed by atoms with E-state index in [0.29, 0.717) is 12.6 Å². The zero-order valence-electron chi connectivity index (χ0n) is 8.68. The van der Waals surface area contributed by atoms with E-state index in [2.05, 4.69) is 12.2 Å². The molecule has 13 heavy (non-hydrogen) atoms. The third-order valence-electron chi connectivity index (χ3n) is 2.69. The van der Waals surface area contributed by atoms with Crippen molar-refractivity contribution in [1.29, 1.82) is 0 Å². The van der Waals surface area contributed by atoms with Gasteiger partial charge in [0.1, 0.15) is 0 Å². The van der Waals surface area contributed by atoms with Crippen molar-refractivity contribution in [3.8, 4) is 0 Å². The fraction of sp³-hybridized carbons (Fsp3) is 1.00. The van der Waals surface area contributed by atoms with Gasteiger partial charge in [-0.3, -0.25) is 0 Å². The van der Waals surface area contributed by atoms with Crippen molar-refractivity contribution in [2.75, 3.05) is 26.4 Å². The maximum Gasteiger partial charge on any atom is 0.0616 e. The lowest BCUT2D eigenvalue weighted by Gasteiger charge is -2.17. The maximum atomic E-state index is 9.07. The predicted molar refractivity (Wildman–Crippen MR) is 52.7 cm³/mol. The van der Waals surface area contributed by atoms with Crippen LogP contribution in [0.15, 0.2) is 0 Å². The van der Waals surface area contributed by atoms with Crippen molar-refractivity contribution in [3.05, 3.63) is 0 Å². The fourth-order valence-electron chi connectivity index (χ4n) is 1.31. The normalized spacial score (nSPS) is 21.5. The highest BCUT2D eigenvalue weighted by molar-refractivity contribution is 4.94. The van der Waals surface area contributed by atoms with Crippen LogP contribution in [0.3, 0.4) is 0 Å². The van der Waals surface area contributed by atoms with Crippen molar-refractivity contribution < 1.29 is 9.84 Å². The van der Waals surface area contributed by atoms with Crippen molar-refractivity contribution in [3.63, 3.8) is 0 Å². The molecule has 1 aliphatic rings. The van der Waals surface area contributed by atoms with E-state index in [1.807, 2.05) is 6.92 Å². The van der Waals surface area contributed by atoms with Crippen LogP contribution in [0.4, 0.5) is 0 Å². The smallest absolute Gasteiger partial charge is 0.0616 e. The summed E-state index contributed by atoms with van der Waals surface area (Å²) in [7, 11) is 0. The summed E-state index contributed by atoms with van der Waals surface area (Å²) in [5, 5.41) is 12.5. The standard InChI is InChI=1S/C10H21NO2/c1-3-13-6-9(2)11-7-10(8-12)4-5-10/h9,11-12H,3-8H2,1-2H3. The average molecular weight is 187 g/mol. The summed E-state index contributed by atoms with van der Waals surface area (Å²) in [6.45, 7) is 6.90. The summed E-state index contributed by atoms with van der Waals surface area (Å²) < 4.78 is 5.29. The average Bonchev–Trinajstić information content (AvgIpc) is 2.92. The first kappa shape index (κ1) is 11.0. The molecule has 1 fully saturated rings. The zero-order chi connectivity index (χ0) is 9.73. The Kier molecular flexibility index (Phi) is 4.16. The monoisotopic (exact) mass is 187 g/mol. The first-order chi connectivity index (χ1) is 6.22. The van der Waals surface area contributed by atoms with Crippen LogP contribution in [-0.2, 0) is 4.74 Å². The van der Waals surface area contributed by atoms with Crippen molar-refractivity contribution in [2.24, 2.45) is 5.41 Å². The van der Waals surface area contributed by atoms with Crippen LogP contribution in [0.5, 0.6) is 0 Å². The molecule has 2 N–H and O–H groups in total. The Morgan fingerprint density at radius 2 is 2.23 bits per heavy atom. The Morgan fingerprint density at radius 1 is 1.54 bits per heavy atom. The van der Waals surface area contributed by atoms with E-state index >= 15 is 0 Å². The van der Waals surface area contributed by atoms with Gasteiger partial charge in [0.25, 0.3) is 0 Å². The van der Waals surface area contributed by atoms with Gasteiger partial charge in [-0.25, -0.2) is 0 Å². The molecule has 1 unspecified atom stereocenters. The van der Waals surface area contributed by atoms with E-state index in [0.717, 1.165) is 32.6 Å². The minimum absolute atomic E-state index is 0.209. The maximum absolute atomic E-state index is 9.07. The van der Waals surface area contributed by atoms with E-state index < -0.39 is 0 Å². The molecule has 0 aliphatic heterocycles. The van der Waals surface area contributed by atoms with Gasteiger partial charge in [0.2, 0.25) is 0 Å². The van der Waals surface area contributed by atoms with Gasteiger partial charge in [-0.1, -0.05) is 0 Å².